The number of alkyl halides is 6. The lowest BCUT2D eigenvalue weighted by molar-refractivity contribution is -0.168. The van der Waals surface area contributed by atoms with Crippen molar-refractivity contribution in [2.24, 2.45) is 0 Å². The van der Waals surface area contributed by atoms with Crippen molar-refractivity contribution in [2.75, 3.05) is 18.6 Å². The molecule has 0 spiro atoms. The highest BCUT2D eigenvalue weighted by atomic mass is 19.4. The van der Waals surface area contributed by atoms with Gasteiger partial charge in [-0.1, -0.05) is 18.2 Å². The maximum atomic E-state index is 13.4. The zero-order chi connectivity index (χ0) is 24.4. The van der Waals surface area contributed by atoms with Gasteiger partial charge in [-0.2, -0.15) is 26.3 Å². The van der Waals surface area contributed by atoms with E-state index < -0.39 is 36.0 Å². The summed E-state index contributed by atoms with van der Waals surface area (Å²) in [5.41, 5.74) is -0.627. The summed E-state index contributed by atoms with van der Waals surface area (Å²) in [7, 11) is 1.19. The number of methoxy groups -OCH3 is 1. The second kappa shape index (κ2) is 9.32. The molecule has 2 aromatic carbocycles. The number of rotatable bonds is 4. The van der Waals surface area contributed by atoms with E-state index in [2.05, 4.69) is 4.74 Å². The molecular weight excluding hydrogens is 454 g/mol. The van der Waals surface area contributed by atoms with Crippen LogP contribution in [0.5, 0.6) is 0 Å². The van der Waals surface area contributed by atoms with Crippen molar-refractivity contribution >= 4 is 17.7 Å². The first-order valence-electron chi connectivity index (χ1n) is 9.91. The highest BCUT2D eigenvalue weighted by Crippen LogP contribution is 2.36. The Labute approximate surface area is 185 Å². The minimum Gasteiger partial charge on any atom is -0.465 e. The molecule has 5 nitrogen and oxygen atoms in total. The van der Waals surface area contributed by atoms with Crippen LogP contribution in [0.1, 0.15) is 34.3 Å². The van der Waals surface area contributed by atoms with Gasteiger partial charge in [0.15, 0.2) is 0 Å². The second-order valence-electron chi connectivity index (χ2n) is 7.50. The van der Waals surface area contributed by atoms with E-state index in [-0.39, 0.29) is 37.2 Å². The molecule has 0 bridgehead atoms. The Hall–Kier alpha value is -3.24. The summed E-state index contributed by atoms with van der Waals surface area (Å²) in [6.07, 6.45) is -9.51. The molecule has 1 aliphatic rings. The molecular formula is C22H20F6N2O3. The predicted octanol–water partition coefficient (Wildman–Crippen LogP) is 5.65. The Morgan fingerprint density at radius 2 is 1.73 bits per heavy atom. The maximum absolute atomic E-state index is 13.4. The van der Waals surface area contributed by atoms with E-state index in [9.17, 15) is 35.9 Å². The molecule has 0 saturated carbocycles. The molecule has 2 amide bonds. The number of anilines is 1. The fraction of sp³-hybridized carbons (Fsp3) is 0.364. The molecule has 0 radical (unpaired) electrons. The van der Waals surface area contributed by atoms with Crippen molar-refractivity contribution in [2.45, 2.75) is 37.8 Å². The number of hydrogen-bond donors (Lipinski definition) is 0. The standard InChI is InChI=1S/C22H20F6N2O3/c1-33-19(31)15-9-7-14(8-10-15)13-30(17-5-2-4-16(12-17)21(23,24)25)20(32)29-11-3-6-18(29)22(26,27)28/h2,4-5,7-10,12,18H,3,6,11,13H2,1H3/t18-/m0/s1. The molecule has 33 heavy (non-hydrogen) atoms. The van der Waals surface area contributed by atoms with Crippen molar-refractivity contribution in [3.05, 3.63) is 65.2 Å². The number of ether oxygens (including phenoxy) is 1. The van der Waals surface area contributed by atoms with Gasteiger partial charge in [-0.05, 0) is 48.7 Å². The molecule has 0 aromatic heterocycles. The van der Waals surface area contributed by atoms with Crippen molar-refractivity contribution < 1.29 is 40.7 Å². The van der Waals surface area contributed by atoms with E-state index in [0.29, 0.717) is 10.5 Å². The summed E-state index contributed by atoms with van der Waals surface area (Å²) < 4.78 is 84.6. The van der Waals surface area contributed by atoms with Gasteiger partial charge in [-0.3, -0.25) is 4.90 Å². The molecule has 1 aliphatic heterocycles. The van der Waals surface area contributed by atoms with Crippen molar-refractivity contribution in [3.8, 4) is 0 Å². The third kappa shape index (κ3) is 5.58. The fourth-order valence-corrected chi connectivity index (χ4v) is 3.66. The number of esters is 1. The quantitative estimate of drug-likeness (QED) is 0.426. The van der Waals surface area contributed by atoms with Crippen LogP contribution >= 0.6 is 0 Å². The summed E-state index contributed by atoms with van der Waals surface area (Å²) in [6.45, 7) is -0.470. The minimum atomic E-state index is -4.70. The average molecular weight is 474 g/mol. The van der Waals surface area contributed by atoms with E-state index in [1.165, 1.54) is 37.4 Å². The topological polar surface area (TPSA) is 49.9 Å². The molecule has 1 atom stereocenters. The van der Waals surface area contributed by atoms with E-state index >= 15 is 0 Å². The lowest BCUT2D eigenvalue weighted by Gasteiger charge is -2.33. The van der Waals surface area contributed by atoms with Crippen LogP contribution in [0.3, 0.4) is 0 Å². The van der Waals surface area contributed by atoms with E-state index in [4.69, 9.17) is 0 Å². The molecule has 2 aromatic rings. The first kappa shape index (κ1) is 24.4. The number of amides is 2. The van der Waals surface area contributed by atoms with Crippen LogP contribution in [-0.4, -0.2) is 42.8 Å². The van der Waals surface area contributed by atoms with Gasteiger partial charge in [0.05, 0.1) is 24.8 Å². The van der Waals surface area contributed by atoms with Gasteiger partial charge in [0, 0.05) is 12.2 Å². The van der Waals surface area contributed by atoms with Gasteiger partial charge in [0.2, 0.25) is 0 Å². The number of carbonyl (C=O) groups excluding carboxylic acids is 2. The normalized spacial score (nSPS) is 16.6. The average Bonchev–Trinajstić information content (AvgIpc) is 3.27. The third-order valence-electron chi connectivity index (χ3n) is 5.31. The Kier molecular flexibility index (Phi) is 6.89. The summed E-state index contributed by atoms with van der Waals surface area (Å²) in [4.78, 5) is 26.3. The van der Waals surface area contributed by atoms with Crippen LogP contribution in [-0.2, 0) is 17.5 Å². The largest absolute Gasteiger partial charge is 0.465 e. The number of likely N-dealkylation sites (tertiary alicyclic amines) is 1. The van der Waals surface area contributed by atoms with Gasteiger partial charge in [0.1, 0.15) is 6.04 Å². The SMILES string of the molecule is COC(=O)c1ccc(CN(C(=O)N2CCC[C@H]2C(F)(F)F)c2cccc(C(F)(F)F)c2)cc1. The van der Waals surface area contributed by atoms with Crippen LogP contribution in [0.25, 0.3) is 0 Å². The number of hydrogen-bond acceptors (Lipinski definition) is 3. The van der Waals surface area contributed by atoms with Gasteiger partial charge < -0.3 is 9.64 Å². The second-order valence-corrected chi connectivity index (χ2v) is 7.50. The van der Waals surface area contributed by atoms with Crippen LogP contribution < -0.4 is 4.90 Å². The third-order valence-corrected chi connectivity index (χ3v) is 5.31. The molecule has 1 heterocycles. The lowest BCUT2D eigenvalue weighted by atomic mass is 10.1. The molecule has 0 N–H and O–H groups in total. The molecule has 3 rings (SSSR count). The molecule has 0 unspecified atom stereocenters. The number of benzene rings is 2. The van der Waals surface area contributed by atoms with Gasteiger partial charge in [-0.25, -0.2) is 9.59 Å². The maximum Gasteiger partial charge on any atom is 0.416 e. The number of carbonyl (C=O) groups is 2. The number of halogens is 6. The summed E-state index contributed by atoms with van der Waals surface area (Å²) in [5, 5.41) is 0. The van der Waals surface area contributed by atoms with E-state index in [1.54, 1.807) is 0 Å². The number of urea groups is 1. The molecule has 178 valence electrons. The van der Waals surface area contributed by atoms with Crippen LogP contribution in [0, 0.1) is 0 Å². The zero-order valence-corrected chi connectivity index (χ0v) is 17.4. The van der Waals surface area contributed by atoms with Crippen LogP contribution in [0.15, 0.2) is 48.5 Å². The van der Waals surface area contributed by atoms with E-state index in [0.717, 1.165) is 23.1 Å². The Morgan fingerprint density at radius 1 is 1.06 bits per heavy atom. The van der Waals surface area contributed by atoms with E-state index in [1.807, 2.05) is 0 Å². The van der Waals surface area contributed by atoms with Crippen LogP contribution in [0.2, 0.25) is 0 Å². The highest BCUT2D eigenvalue weighted by molar-refractivity contribution is 5.93. The summed E-state index contributed by atoms with van der Waals surface area (Å²) in [5.74, 6) is -0.613. The van der Waals surface area contributed by atoms with Crippen molar-refractivity contribution in [1.29, 1.82) is 0 Å². The molecule has 11 heteroatoms. The Balaban J connectivity index is 1.98. The van der Waals surface area contributed by atoms with Crippen molar-refractivity contribution in [3.63, 3.8) is 0 Å². The molecule has 0 aliphatic carbocycles. The number of nitrogens with zero attached hydrogens (tertiary/aromatic N) is 2. The Morgan fingerprint density at radius 3 is 2.30 bits per heavy atom. The smallest absolute Gasteiger partial charge is 0.416 e. The first-order chi connectivity index (χ1) is 15.4. The molecule has 1 saturated heterocycles. The van der Waals surface area contributed by atoms with Crippen LogP contribution in [0.4, 0.5) is 36.8 Å². The minimum absolute atomic E-state index is 0.125. The predicted molar refractivity (Wildman–Crippen MR) is 107 cm³/mol. The molecule has 1 fully saturated rings. The van der Waals surface area contributed by atoms with Crippen molar-refractivity contribution in [1.82, 2.24) is 4.90 Å². The summed E-state index contributed by atoms with van der Waals surface area (Å²) >= 11 is 0. The zero-order valence-electron chi connectivity index (χ0n) is 17.4. The van der Waals surface area contributed by atoms with Gasteiger partial charge >= 0.3 is 24.4 Å². The first-order valence-corrected chi connectivity index (χ1v) is 9.91. The monoisotopic (exact) mass is 474 g/mol. The lowest BCUT2D eigenvalue weighted by Crippen LogP contribution is -2.50. The van der Waals surface area contributed by atoms with Gasteiger partial charge in [-0.15, -0.1) is 0 Å². The fourth-order valence-electron chi connectivity index (χ4n) is 3.66. The Bertz CT molecular complexity index is 1000. The summed E-state index contributed by atoms with van der Waals surface area (Å²) in [6, 6.07) is 6.47. The highest BCUT2D eigenvalue weighted by Gasteiger charge is 2.48. The van der Waals surface area contributed by atoms with Gasteiger partial charge in [0.25, 0.3) is 0 Å².